The van der Waals surface area contributed by atoms with Gasteiger partial charge >= 0.3 is 0 Å². The summed E-state index contributed by atoms with van der Waals surface area (Å²) < 4.78 is 5.74. The lowest BCUT2D eigenvalue weighted by molar-refractivity contribution is -0.116. The quantitative estimate of drug-likeness (QED) is 0.321. The number of aryl methyl sites for hydroxylation is 1. The van der Waals surface area contributed by atoms with Crippen molar-refractivity contribution < 1.29 is 9.53 Å². The van der Waals surface area contributed by atoms with Crippen LogP contribution in [0.1, 0.15) is 57.4 Å². The van der Waals surface area contributed by atoms with Crippen LogP contribution in [0.25, 0.3) is 0 Å². The Hall–Kier alpha value is -2.24. The van der Waals surface area contributed by atoms with Gasteiger partial charge in [0.25, 0.3) is 0 Å². The maximum Gasteiger partial charge on any atom is 0.224 e. The molecule has 1 aliphatic rings. The lowest BCUT2D eigenvalue weighted by Gasteiger charge is -2.17. The zero-order valence-corrected chi connectivity index (χ0v) is 15.9. The van der Waals surface area contributed by atoms with E-state index >= 15 is 0 Å². The Balaban J connectivity index is 1.58. The summed E-state index contributed by atoms with van der Waals surface area (Å²) in [4.78, 5) is 15.7. The highest BCUT2D eigenvalue weighted by Crippen LogP contribution is 2.26. The summed E-state index contributed by atoms with van der Waals surface area (Å²) >= 11 is 0. The molecule has 2 rings (SSSR count). The summed E-state index contributed by atoms with van der Waals surface area (Å²) in [7, 11) is 0. The van der Waals surface area contributed by atoms with Gasteiger partial charge in [-0.05, 0) is 36.6 Å². The highest BCUT2D eigenvalue weighted by molar-refractivity contribution is 5.94. The zero-order valence-electron chi connectivity index (χ0n) is 15.9. The van der Waals surface area contributed by atoms with Crippen LogP contribution in [-0.4, -0.2) is 31.6 Å². The van der Waals surface area contributed by atoms with Crippen molar-refractivity contribution in [3.05, 3.63) is 23.8 Å². The van der Waals surface area contributed by atoms with Crippen molar-refractivity contribution in [2.75, 3.05) is 25.0 Å². The van der Waals surface area contributed by atoms with Gasteiger partial charge in [-0.15, -0.1) is 0 Å². The molecule has 1 aliphatic heterocycles. The fourth-order valence-corrected chi connectivity index (χ4v) is 2.95. The van der Waals surface area contributed by atoms with Gasteiger partial charge in [0.2, 0.25) is 5.91 Å². The highest BCUT2D eigenvalue weighted by Gasteiger charge is 2.14. The molecule has 0 aromatic heterocycles. The number of nitrogens with two attached hydrogens (primary N) is 1. The van der Waals surface area contributed by atoms with E-state index < -0.39 is 0 Å². The van der Waals surface area contributed by atoms with Crippen LogP contribution >= 0.6 is 0 Å². The van der Waals surface area contributed by atoms with Gasteiger partial charge in [0.1, 0.15) is 12.4 Å². The standard InChI is InChI=1S/C20H32N4O2/c1-2-3-4-5-6-7-12-22-20(21)23-13-14-26-17-9-10-18-16(15-17)8-11-19(25)24-18/h9-10,15H,2-8,11-14H2,1H3,(H,24,25)(H3,21,22,23). The molecule has 144 valence electrons. The normalized spacial score (nSPS) is 13.9. The molecular formula is C20H32N4O2. The minimum absolute atomic E-state index is 0.0751. The Morgan fingerprint density at radius 3 is 2.88 bits per heavy atom. The Morgan fingerprint density at radius 2 is 2.04 bits per heavy atom. The lowest BCUT2D eigenvalue weighted by atomic mass is 10.0. The number of benzene rings is 1. The van der Waals surface area contributed by atoms with Crippen LogP contribution in [0, 0.1) is 0 Å². The third-order valence-electron chi connectivity index (χ3n) is 4.44. The van der Waals surface area contributed by atoms with Crippen molar-refractivity contribution >= 4 is 17.6 Å². The largest absolute Gasteiger partial charge is 0.492 e. The Morgan fingerprint density at radius 1 is 1.23 bits per heavy atom. The zero-order chi connectivity index (χ0) is 18.6. The molecule has 26 heavy (non-hydrogen) atoms. The van der Waals surface area contributed by atoms with Crippen LogP contribution in [0.2, 0.25) is 0 Å². The molecule has 1 aromatic rings. The summed E-state index contributed by atoms with van der Waals surface area (Å²) in [6.45, 7) is 4.13. The van der Waals surface area contributed by atoms with E-state index in [-0.39, 0.29) is 5.91 Å². The predicted molar refractivity (Wildman–Crippen MR) is 107 cm³/mol. The number of rotatable bonds is 11. The van der Waals surface area contributed by atoms with Gasteiger partial charge in [0, 0.05) is 18.7 Å². The van der Waals surface area contributed by atoms with Gasteiger partial charge in [-0.1, -0.05) is 39.0 Å². The second-order valence-corrected chi connectivity index (χ2v) is 6.68. The number of amides is 1. The number of anilines is 1. The molecule has 0 saturated carbocycles. The van der Waals surface area contributed by atoms with Gasteiger partial charge in [0.05, 0.1) is 6.54 Å². The molecule has 0 bridgehead atoms. The molecule has 0 saturated heterocycles. The topological polar surface area (TPSA) is 88.7 Å². The maximum absolute atomic E-state index is 11.4. The van der Waals surface area contributed by atoms with Crippen LogP contribution in [0.3, 0.4) is 0 Å². The van der Waals surface area contributed by atoms with E-state index in [1.807, 2.05) is 18.2 Å². The molecule has 4 N–H and O–H groups in total. The number of guanidine groups is 1. The van der Waals surface area contributed by atoms with Crippen LogP contribution in [0.15, 0.2) is 23.2 Å². The molecule has 6 nitrogen and oxygen atoms in total. The minimum Gasteiger partial charge on any atom is -0.492 e. The third-order valence-corrected chi connectivity index (χ3v) is 4.44. The molecule has 0 fully saturated rings. The first-order chi connectivity index (χ1) is 12.7. The number of nitrogens with one attached hydrogen (secondary N) is 2. The molecule has 1 aromatic carbocycles. The molecule has 0 unspecified atom stereocenters. The average Bonchev–Trinajstić information content (AvgIpc) is 2.64. The molecule has 0 aliphatic carbocycles. The summed E-state index contributed by atoms with van der Waals surface area (Å²) in [6.07, 6.45) is 8.81. The molecule has 6 heteroatoms. The number of hydrogen-bond donors (Lipinski definition) is 3. The Labute approximate surface area is 156 Å². The third kappa shape index (κ3) is 7.33. The van der Waals surface area contributed by atoms with E-state index in [1.165, 1.54) is 32.1 Å². The molecule has 1 amide bonds. The summed E-state index contributed by atoms with van der Waals surface area (Å²) in [5.41, 5.74) is 7.87. The minimum atomic E-state index is 0.0751. The number of carbonyl (C=O) groups excluding carboxylic acids is 1. The Bertz CT molecular complexity index is 601. The summed E-state index contributed by atoms with van der Waals surface area (Å²) in [5.74, 6) is 1.37. The van der Waals surface area contributed by atoms with Crippen molar-refractivity contribution in [3.63, 3.8) is 0 Å². The average molecular weight is 361 g/mol. The molecule has 1 heterocycles. The van der Waals surface area contributed by atoms with E-state index in [4.69, 9.17) is 10.5 Å². The maximum atomic E-state index is 11.4. The van der Waals surface area contributed by atoms with Crippen LogP contribution < -0.4 is 21.1 Å². The number of carbonyl (C=O) groups is 1. The van der Waals surface area contributed by atoms with Crippen LogP contribution in [0.5, 0.6) is 5.75 Å². The first kappa shape index (κ1) is 20.1. The smallest absolute Gasteiger partial charge is 0.224 e. The predicted octanol–water partition coefficient (Wildman–Crippen LogP) is 3.21. The molecule has 0 radical (unpaired) electrons. The van der Waals surface area contributed by atoms with E-state index in [0.717, 1.165) is 36.4 Å². The van der Waals surface area contributed by atoms with Crippen molar-refractivity contribution in [3.8, 4) is 5.75 Å². The van der Waals surface area contributed by atoms with Crippen molar-refractivity contribution in [2.45, 2.75) is 58.3 Å². The fraction of sp³-hybridized carbons (Fsp3) is 0.600. The lowest BCUT2D eigenvalue weighted by Crippen LogP contribution is -2.34. The number of aliphatic imine (C=N–C) groups is 1. The summed E-state index contributed by atoms with van der Waals surface area (Å²) in [6, 6.07) is 5.76. The van der Waals surface area contributed by atoms with Crippen molar-refractivity contribution in [1.82, 2.24) is 5.32 Å². The monoisotopic (exact) mass is 360 g/mol. The highest BCUT2D eigenvalue weighted by atomic mass is 16.5. The number of unbranched alkanes of at least 4 members (excludes halogenated alkanes) is 5. The van der Waals surface area contributed by atoms with E-state index in [9.17, 15) is 4.79 Å². The van der Waals surface area contributed by atoms with Crippen molar-refractivity contribution in [2.24, 2.45) is 10.7 Å². The Kier molecular flexibility index (Phi) is 8.79. The van der Waals surface area contributed by atoms with Gasteiger partial charge in [-0.2, -0.15) is 0 Å². The number of fused-ring (bicyclic) bond motifs is 1. The van der Waals surface area contributed by atoms with Gasteiger partial charge in [0.15, 0.2) is 5.96 Å². The van der Waals surface area contributed by atoms with Gasteiger partial charge < -0.3 is 21.1 Å². The molecule has 0 atom stereocenters. The van der Waals surface area contributed by atoms with E-state index in [1.54, 1.807) is 0 Å². The van der Waals surface area contributed by atoms with Gasteiger partial charge in [-0.3, -0.25) is 9.79 Å². The first-order valence-corrected chi connectivity index (χ1v) is 9.78. The number of hydrogen-bond acceptors (Lipinski definition) is 3. The second-order valence-electron chi connectivity index (χ2n) is 6.68. The first-order valence-electron chi connectivity index (χ1n) is 9.78. The van der Waals surface area contributed by atoms with Crippen molar-refractivity contribution in [1.29, 1.82) is 0 Å². The van der Waals surface area contributed by atoms with Gasteiger partial charge in [-0.25, -0.2) is 0 Å². The van der Waals surface area contributed by atoms with Crippen LogP contribution in [-0.2, 0) is 11.2 Å². The second kappa shape index (κ2) is 11.4. The van der Waals surface area contributed by atoms with Crippen LogP contribution in [0.4, 0.5) is 5.69 Å². The van der Waals surface area contributed by atoms with E-state index in [2.05, 4.69) is 22.5 Å². The molecular weight excluding hydrogens is 328 g/mol. The summed E-state index contributed by atoms with van der Waals surface area (Å²) in [5, 5.41) is 5.95. The number of nitrogens with zero attached hydrogens (tertiary/aromatic N) is 1. The van der Waals surface area contributed by atoms with E-state index in [0.29, 0.717) is 25.5 Å². The SMILES string of the molecule is CCCCCCCCN=C(N)NCCOc1ccc2c(c1)CCC(=O)N2. The molecule has 0 spiro atoms. The number of ether oxygens (including phenoxy) is 1. The fourth-order valence-electron chi connectivity index (χ4n) is 2.95.